The summed E-state index contributed by atoms with van der Waals surface area (Å²) in [4.78, 5) is 20.9. The number of rotatable bonds is 4. The first-order chi connectivity index (χ1) is 9.16. The standard InChI is InChI=1S/C11H12F3N3O3/c1-6(10(18)15-2)16-9-4-3-7(17(19)20)5-8(9)11(12,13)14/h3-6,16H,1-2H3,(H,15,18). The van der Waals surface area contributed by atoms with Crippen LogP contribution < -0.4 is 10.6 Å². The summed E-state index contributed by atoms with van der Waals surface area (Å²) < 4.78 is 38.6. The number of alkyl halides is 3. The van der Waals surface area contributed by atoms with Crippen LogP contribution in [-0.2, 0) is 11.0 Å². The molecular formula is C11H12F3N3O3. The van der Waals surface area contributed by atoms with Gasteiger partial charge in [-0.3, -0.25) is 14.9 Å². The molecule has 0 saturated heterocycles. The van der Waals surface area contributed by atoms with Crippen LogP contribution in [0.1, 0.15) is 12.5 Å². The van der Waals surface area contributed by atoms with Crippen LogP contribution in [0.15, 0.2) is 18.2 Å². The molecule has 6 nitrogen and oxygen atoms in total. The van der Waals surface area contributed by atoms with E-state index in [4.69, 9.17) is 0 Å². The molecule has 9 heteroatoms. The Bertz CT molecular complexity index is 531. The van der Waals surface area contributed by atoms with Gasteiger partial charge in [-0.05, 0) is 13.0 Å². The van der Waals surface area contributed by atoms with Crippen molar-refractivity contribution < 1.29 is 22.9 Å². The Morgan fingerprint density at radius 1 is 1.40 bits per heavy atom. The zero-order chi connectivity index (χ0) is 15.5. The number of benzene rings is 1. The predicted molar refractivity (Wildman–Crippen MR) is 65.2 cm³/mol. The number of non-ortho nitro benzene ring substituents is 1. The third-order valence-corrected chi connectivity index (χ3v) is 2.53. The summed E-state index contributed by atoms with van der Waals surface area (Å²) in [6.45, 7) is 1.38. The predicted octanol–water partition coefficient (Wildman–Crippen LogP) is 2.16. The van der Waals surface area contributed by atoms with Crippen molar-refractivity contribution in [1.29, 1.82) is 0 Å². The highest BCUT2D eigenvalue weighted by molar-refractivity contribution is 5.84. The molecule has 0 bridgehead atoms. The maximum atomic E-state index is 12.9. The van der Waals surface area contributed by atoms with Gasteiger partial charge in [0, 0.05) is 24.9 Å². The highest BCUT2D eigenvalue weighted by atomic mass is 19.4. The molecule has 1 rings (SSSR count). The summed E-state index contributed by atoms with van der Waals surface area (Å²) in [5, 5.41) is 15.2. The number of hydrogen-bond acceptors (Lipinski definition) is 4. The van der Waals surface area contributed by atoms with Crippen molar-refractivity contribution in [3.8, 4) is 0 Å². The first-order valence-electron chi connectivity index (χ1n) is 5.50. The Morgan fingerprint density at radius 3 is 2.45 bits per heavy atom. The summed E-state index contributed by atoms with van der Waals surface area (Å²) in [5.41, 5.74) is -2.25. The van der Waals surface area contributed by atoms with Crippen LogP contribution in [0.2, 0.25) is 0 Å². The molecule has 0 aliphatic rings. The minimum absolute atomic E-state index is 0.390. The fraction of sp³-hybridized carbons (Fsp3) is 0.364. The Hall–Kier alpha value is -2.32. The van der Waals surface area contributed by atoms with E-state index < -0.39 is 34.3 Å². The van der Waals surface area contributed by atoms with Crippen molar-refractivity contribution in [3.05, 3.63) is 33.9 Å². The number of carbonyl (C=O) groups is 1. The third-order valence-electron chi connectivity index (χ3n) is 2.53. The number of anilines is 1. The molecule has 0 aromatic heterocycles. The average molecular weight is 291 g/mol. The highest BCUT2D eigenvalue weighted by Crippen LogP contribution is 2.37. The van der Waals surface area contributed by atoms with E-state index in [9.17, 15) is 28.1 Å². The summed E-state index contributed by atoms with van der Waals surface area (Å²) in [7, 11) is 1.35. The summed E-state index contributed by atoms with van der Waals surface area (Å²) in [5.74, 6) is -0.503. The lowest BCUT2D eigenvalue weighted by atomic mass is 10.1. The molecule has 1 unspecified atom stereocenters. The van der Waals surface area contributed by atoms with Crippen LogP contribution in [0.3, 0.4) is 0 Å². The quantitative estimate of drug-likeness (QED) is 0.657. The third kappa shape index (κ3) is 3.59. The molecule has 0 aliphatic heterocycles. The maximum Gasteiger partial charge on any atom is 0.418 e. The van der Waals surface area contributed by atoms with Gasteiger partial charge in [0.25, 0.3) is 5.69 Å². The van der Waals surface area contributed by atoms with Gasteiger partial charge in [-0.15, -0.1) is 0 Å². The molecule has 0 heterocycles. The maximum absolute atomic E-state index is 12.9. The Labute approximate surface area is 112 Å². The van der Waals surface area contributed by atoms with Crippen LogP contribution in [0.4, 0.5) is 24.5 Å². The summed E-state index contributed by atoms with van der Waals surface area (Å²) >= 11 is 0. The normalized spacial score (nSPS) is 12.7. The van der Waals surface area contributed by atoms with Crippen molar-refractivity contribution in [2.45, 2.75) is 19.1 Å². The first kappa shape index (κ1) is 15.7. The smallest absolute Gasteiger partial charge is 0.373 e. The number of nitrogens with one attached hydrogen (secondary N) is 2. The second kappa shape index (κ2) is 5.76. The molecule has 1 aromatic carbocycles. The molecule has 0 spiro atoms. The van der Waals surface area contributed by atoms with Crippen molar-refractivity contribution in [3.63, 3.8) is 0 Å². The largest absolute Gasteiger partial charge is 0.418 e. The Morgan fingerprint density at radius 2 is 2.00 bits per heavy atom. The van der Waals surface area contributed by atoms with Gasteiger partial charge in [-0.2, -0.15) is 13.2 Å². The molecule has 2 N–H and O–H groups in total. The van der Waals surface area contributed by atoms with Crippen molar-refractivity contribution in [2.24, 2.45) is 0 Å². The zero-order valence-electron chi connectivity index (χ0n) is 10.6. The van der Waals surface area contributed by atoms with Gasteiger partial charge in [-0.25, -0.2) is 0 Å². The number of hydrogen-bond donors (Lipinski definition) is 2. The lowest BCUT2D eigenvalue weighted by Crippen LogP contribution is -2.35. The molecular weight excluding hydrogens is 279 g/mol. The lowest BCUT2D eigenvalue weighted by molar-refractivity contribution is -0.385. The van der Waals surface area contributed by atoms with Gasteiger partial charge in [0.1, 0.15) is 6.04 Å². The van der Waals surface area contributed by atoms with Gasteiger partial charge in [0.05, 0.1) is 10.5 Å². The van der Waals surface area contributed by atoms with Crippen LogP contribution >= 0.6 is 0 Å². The van der Waals surface area contributed by atoms with E-state index >= 15 is 0 Å². The number of carbonyl (C=O) groups excluding carboxylic acids is 1. The molecule has 1 atom stereocenters. The number of likely N-dealkylation sites (N-methyl/N-ethyl adjacent to an activating group) is 1. The van der Waals surface area contributed by atoms with Gasteiger partial charge < -0.3 is 10.6 Å². The van der Waals surface area contributed by atoms with Crippen LogP contribution in [0, 0.1) is 10.1 Å². The SMILES string of the molecule is CNC(=O)C(C)Nc1ccc([N+](=O)[O-])cc1C(F)(F)F. The zero-order valence-corrected chi connectivity index (χ0v) is 10.6. The number of nitro benzene ring substituents is 1. The summed E-state index contributed by atoms with van der Waals surface area (Å²) in [6, 6.07) is 1.38. The lowest BCUT2D eigenvalue weighted by Gasteiger charge is -2.18. The van der Waals surface area contributed by atoms with E-state index in [0.717, 1.165) is 12.1 Å². The molecule has 1 aromatic rings. The van der Waals surface area contributed by atoms with Gasteiger partial charge >= 0.3 is 6.18 Å². The second-order valence-electron chi connectivity index (χ2n) is 3.97. The van der Waals surface area contributed by atoms with Gasteiger partial charge in [0.2, 0.25) is 5.91 Å². The molecule has 0 fully saturated rings. The van der Waals surface area contributed by atoms with Crippen molar-refractivity contribution in [2.75, 3.05) is 12.4 Å². The summed E-state index contributed by atoms with van der Waals surface area (Å²) in [6.07, 6.45) is -4.77. The molecule has 1 amide bonds. The number of halogens is 3. The monoisotopic (exact) mass is 291 g/mol. The first-order valence-corrected chi connectivity index (χ1v) is 5.50. The van der Waals surface area contributed by atoms with Crippen LogP contribution in [0.5, 0.6) is 0 Å². The highest BCUT2D eigenvalue weighted by Gasteiger charge is 2.35. The molecule has 20 heavy (non-hydrogen) atoms. The van der Waals surface area contributed by atoms with E-state index in [1.165, 1.54) is 14.0 Å². The number of amides is 1. The fourth-order valence-corrected chi connectivity index (χ4v) is 1.52. The van der Waals surface area contributed by atoms with E-state index in [1.54, 1.807) is 0 Å². The fourth-order valence-electron chi connectivity index (χ4n) is 1.52. The van der Waals surface area contributed by atoms with Crippen molar-refractivity contribution >= 4 is 17.3 Å². The molecule has 0 aliphatic carbocycles. The van der Waals surface area contributed by atoms with Crippen LogP contribution in [0.25, 0.3) is 0 Å². The Kier molecular flexibility index (Phi) is 4.53. The van der Waals surface area contributed by atoms with E-state index in [2.05, 4.69) is 10.6 Å². The topological polar surface area (TPSA) is 84.3 Å². The molecule has 0 radical (unpaired) electrons. The second-order valence-corrected chi connectivity index (χ2v) is 3.97. The number of nitrogens with zero attached hydrogens (tertiary/aromatic N) is 1. The van der Waals surface area contributed by atoms with Gasteiger partial charge in [0.15, 0.2) is 0 Å². The van der Waals surface area contributed by atoms with Crippen molar-refractivity contribution in [1.82, 2.24) is 5.32 Å². The van der Waals surface area contributed by atoms with E-state index in [1.807, 2.05) is 0 Å². The molecule has 110 valence electrons. The minimum atomic E-state index is -4.77. The molecule has 0 saturated carbocycles. The Balaban J connectivity index is 3.19. The van der Waals surface area contributed by atoms with E-state index in [0.29, 0.717) is 6.07 Å². The van der Waals surface area contributed by atoms with Crippen LogP contribution in [-0.4, -0.2) is 23.9 Å². The average Bonchev–Trinajstić information content (AvgIpc) is 2.36. The van der Waals surface area contributed by atoms with Gasteiger partial charge in [-0.1, -0.05) is 0 Å². The van der Waals surface area contributed by atoms with E-state index in [-0.39, 0.29) is 5.69 Å². The number of nitro groups is 1. The minimum Gasteiger partial charge on any atom is -0.373 e.